The van der Waals surface area contributed by atoms with Crippen molar-refractivity contribution in [1.82, 2.24) is 5.43 Å². The number of aliphatic hydroxyl groups is 1. The van der Waals surface area contributed by atoms with E-state index < -0.39 is 4.92 Å². The number of anilines is 1. The monoisotopic (exact) mass is 197 g/mol. The van der Waals surface area contributed by atoms with Crippen LogP contribution in [0, 0.1) is 10.1 Å². The van der Waals surface area contributed by atoms with E-state index in [1.54, 1.807) is 18.2 Å². The van der Waals surface area contributed by atoms with Crippen molar-refractivity contribution in [2.24, 2.45) is 0 Å². The molecule has 1 aromatic rings. The maximum Gasteiger partial charge on any atom is 0.293 e. The summed E-state index contributed by atoms with van der Waals surface area (Å²) in [4.78, 5) is 10.1. The predicted octanol–water partition coefficient (Wildman–Crippen LogP) is 0.504. The van der Waals surface area contributed by atoms with Crippen LogP contribution in [0.4, 0.5) is 11.4 Å². The average molecular weight is 197 g/mol. The van der Waals surface area contributed by atoms with Crippen LogP contribution in [-0.4, -0.2) is 23.2 Å². The summed E-state index contributed by atoms with van der Waals surface area (Å²) >= 11 is 0. The first-order valence-electron chi connectivity index (χ1n) is 4.09. The predicted molar refractivity (Wildman–Crippen MR) is 51.8 cm³/mol. The quantitative estimate of drug-likeness (QED) is 0.363. The zero-order chi connectivity index (χ0) is 10.4. The molecule has 0 aliphatic rings. The Morgan fingerprint density at radius 3 is 2.79 bits per heavy atom. The van der Waals surface area contributed by atoms with Crippen molar-refractivity contribution in [1.29, 1.82) is 0 Å². The molecule has 6 nitrogen and oxygen atoms in total. The summed E-state index contributed by atoms with van der Waals surface area (Å²) in [7, 11) is 0. The highest BCUT2D eigenvalue weighted by molar-refractivity contribution is 5.60. The third kappa shape index (κ3) is 2.68. The molecule has 0 atom stereocenters. The van der Waals surface area contributed by atoms with Gasteiger partial charge in [0.15, 0.2) is 0 Å². The Balaban J connectivity index is 2.69. The van der Waals surface area contributed by atoms with Gasteiger partial charge in [-0.25, -0.2) is 5.43 Å². The molecule has 0 saturated carbocycles. The summed E-state index contributed by atoms with van der Waals surface area (Å²) in [6, 6.07) is 6.27. The van der Waals surface area contributed by atoms with Gasteiger partial charge in [0.1, 0.15) is 5.69 Å². The lowest BCUT2D eigenvalue weighted by atomic mass is 10.3. The van der Waals surface area contributed by atoms with Crippen LogP contribution in [-0.2, 0) is 0 Å². The number of para-hydroxylation sites is 2. The fraction of sp³-hybridized carbons (Fsp3) is 0.250. The van der Waals surface area contributed by atoms with Crippen molar-refractivity contribution < 1.29 is 10.0 Å². The van der Waals surface area contributed by atoms with Crippen LogP contribution in [0.3, 0.4) is 0 Å². The lowest BCUT2D eigenvalue weighted by Crippen LogP contribution is -2.25. The molecule has 0 aliphatic heterocycles. The highest BCUT2D eigenvalue weighted by Crippen LogP contribution is 2.21. The van der Waals surface area contributed by atoms with E-state index in [4.69, 9.17) is 5.11 Å². The van der Waals surface area contributed by atoms with Crippen molar-refractivity contribution in [3.8, 4) is 0 Å². The molecule has 0 fully saturated rings. The Morgan fingerprint density at radius 2 is 2.14 bits per heavy atom. The number of nitro groups is 1. The lowest BCUT2D eigenvalue weighted by molar-refractivity contribution is -0.384. The van der Waals surface area contributed by atoms with Crippen LogP contribution >= 0.6 is 0 Å². The molecule has 3 N–H and O–H groups in total. The molecule has 1 rings (SSSR count). The van der Waals surface area contributed by atoms with E-state index in [2.05, 4.69) is 10.9 Å². The van der Waals surface area contributed by atoms with Crippen LogP contribution in [0.5, 0.6) is 0 Å². The summed E-state index contributed by atoms with van der Waals surface area (Å²) < 4.78 is 0. The van der Waals surface area contributed by atoms with Crippen molar-refractivity contribution in [2.75, 3.05) is 18.6 Å². The fourth-order valence-electron chi connectivity index (χ4n) is 0.952. The Labute approximate surface area is 80.7 Å². The Kier molecular flexibility index (Phi) is 3.84. The van der Waals surface area contributed by atoms with E-state index in [0.29, 0.717) is 12.2 Å². The number of rotatable bonds is 5. The van der Waals surface area contributed by atoms with Crippen molar-refractivity contribution in [2.45, 2.75) is 0 Å². The van der Waals surface area contributed by atoms with Gasteiger partial charge in [0, 0.05) is 12.6 Å². The number of nitrogens with zero attached hydrogens (tertiary/aromatic N) is 1. The normalized spacial score (nSPS) is 9.79. The van der Waals surface area contributed by atoms with Gasteiger partial charge in [-0.15, -0.1) is 0 Å². The molecule has 76 valence electrons. The Hall–Kier alpha value is -1.66. The smallest absolute Gasteiger partial charge is 0.293 e. The van der Waals surface area contributed by atoms with Crippen LogP contribution in [0.15, 0.2) is 24.3 Å². The number of nitro benzene ring substituents is 1. The van der Waals surface area contributed by atoms with Gasteiger partial charge >= 0.3 is 0 Å². The van der Waals surface area contributed by atoms with E-state index in [1.165, 1.54) is 6.07 Å². The van der Waals surface area contributed by atoms with Crippen LogP contribution < -0.4 is 10.9 Å². The van der Waals surface area contributed by atoms with E-state index >= 15 is 0 Å². The summed E-state index contributed by atoms with van der Waals surface area (Å²) in [5.74, 6) is 0. The third-order valence-corrected chi connectivity index (χ3v) is 1.56. The summed E-state index contributed by atoms with van der Waals surface area (Å²) in [5, 5.41) is 19.0. The molecular weight excluding hydrogens is 186 g/mol. The Bertz CT molecular complexity index is 316. The fourth-order valence-corrected chi connectivity index (χ4v) is 0.952. The lowest BCUT2D eigenvalue weighted by Gasteiger charge is -2.06. The van der Waals surface area contributed by atoms with E-state index in [0.717, 1.165) is 0 Å². The van der Waals surface area contributed by atoms with Gasteiger partial charge in [-0.1, -0.05) is 12.1 Å². The third-order valence-electron chi connectivity index (χ3n) is 1.56. The van der Waals surface area contributed by atoms with Crippen LogP contribution in [0.2, 0.25) is 0 Å². The minimum absolute atomic E-state index is 0.00191. The second kappa shape index (κ2) is 5.15. The largest absolute Gasteiger partial charge is 0.395 e. The van der Waals surface area contributed by atoms with E-state index in [-0.39, 0.29) is 12.3 Å². The molecule has 0 radical (unpaired) electrons. The van der Waals surface area contributed by atoms with Gasteiger partial charge in [-0.3, -0.25) is 10.1 Å². The highest BCUT2D eigenvalue weighted by Gasteiger charge is 2.10. The first kappa shape index (κ1) is 10.4. The molecule has 0 heterocycles. The maximum absolute atomic E-state index is 10.5. The molecule has 0 amide bonds. The molecule has 0 bridgehead atoms. The molecule has 0 aliphatic carbocycles. The summed E-state index contributed by atoms with van der Waals surface area (Å²) in [6.45, 7) is 0.291. The minimum atomic E-state index is -0.469. The second-order valence-electron chi connectivity index (χ2n) is 2.55. The standard InChI is InChI=1S/C8H11N3O3/c12-6-5-9-10-7-3-1-2-4-8(7)11(13)14/h1-4,9-10,12H,5-6H2. The topological polar surface area (TPSA) is 87.4 Å². The van der Waals surface area contributed by atoms with Crippen LogP contribution in [0.1, 0.15) is 0 Å². The van der Waals surface area contributed by atoms with Crippen molar-refractivity contribution in [3.63, 3.8) is 0 Å². The molecule has 6 heteroatoms. The first-order valence-corrected chi connectivity index (χ1v) is 4.09. The molecule has 1 aromatic carbocycles. The first-order chi connectivity index (χ1) is 6.75. The van der Waals surface area contributed by atoms with Gasteiger partial charge in [0.25, 0.3) is 5.69 Å². The Morgan fingerprint density at radius 1 is 1.43 bits per heavy atom. The van der Waals surface area contributed by atoms with Gasteiger partial charge in [-0.05, 0) is 6.07 Å². The highest BCUT2D eigenvalue weighted by atomic mass is 16.6. The van der Waals surface area contributed by atoms with E-state index in [1.807, 2.05) is 0 Å². The molecule has 0 spiro atoms. The molecule has 0 saturated heterocycles. The number of hydrazine groups is 1. The zero-order valence-corrected chi connectivity index (χ0v) is 7.43. The zero-order valence-electron chi connectivity index (χ0n) is 7.43. The maximum atomic E-state index is 10.5. The summed E-state index contributed by atoms with van der Waals surface area (Å²) in [5.41, 5.74) is 5.66. The van der Waals surface area contributed by atoms with Gasteiger partial charge in [0.2, 0.25) is 0 Å². The van der Waals surface area contributed by atoms with E-state index in [9.17, 15) is 10.1 Å². The average Bonchev–Trinajstić information content (AvgIpc) is 2.19. The number of hydrogen-bond donors (Lipinski definition) is 3. The SMILES string of the molecule is O=[N+]([O-])c1ccccc1NNCCO. The minimum Gasteiger partial charge on any atom is -0.395 e. The summed E-state index contributed by atoms with van der Waals surface area (Å²) in [6.07, 6.45) is 0. The molecule has 0 aromatic heterocycles. The van der Waals surface area contributed by atoms with Crippen LogP contribution in [0.25, 0.3) is 0 Å². The second-order valence-corrected chi connectivity index (χ2v) is 2.55. The molecule has 0 unspecified atom stereocenters. The van der Waals surface area contributed by atoms with Crippen molar-refractivity contribution in [3.05, 3.63) is 34.4 Å². The number of aliphatic hydroxyl groups excluding tert-OH is 1. The molecular formula is C8H11N3O3. The number of benzene rings is 1. The number of nitrogens with one attached hydrogen (secondary N) is 2. The van der Waals surface area contributed by atoms with Gasteiger partial charge in [-0.2, -0.15) is 0 Å². The van der Waals surface area contributed by atoms with Crippen molar-refractivity contribution >= 4 is 11.4 Å². The van der Waals surface area contributed by atoms with Gasteiger partial charge < -0.3 is 10.5 Å². The molecule has 14 heavy (non-hydrogen) atoms. The number of hydrogen-bond acceptors (Lipinski definition) is 5. The van der Waals surface area contributed by atoms with Gasteiger partial charge in [0.05, 0.1) is 11.5 Å².